The maximum absolute atomic E-state index is 5.22. The summed E-state index contributed by atoms with van der Waals surface area (Å²) in [6.45, 7) is 22.0. The topological polar surface area (TPSA) is 106 Å². The fourth-order valence-electron chi connectivity index (χ4n) is 7.18. The zero-order valence-corrected chi connectivity index (χ0v) is 33.2. The van der Waals surface area contributed by atoms with Gasteiger partial charge in [-0.05, 0) is 85.7 Å². The van der Waals surface area contributed by atoms with Crippen molar-refractivity contribution in [3.05, 3.63) is 95.1 Å². The Labute approximate surface area is 325 Å². The van der Waals surface area contributed by atoms with Crippen molar-refractivity contribution in [2.75, 3.05) is 0 Å². The van der Waals surface area contributed by atoms with E-state index in [0.717, 1.165) is 49.4 Å². The summed E-state index contributed by atoms with van der Waals surface area (Å²) in [7, 11) is 0. The Bertz CT molecular complexity index is 2840. The van der Waals surface area contributed by atoms with Crippen molar-refractivity contribution in [2.45, 2.75) is 85.5 Å². The summed E-state index contributed by atoms with van der Waals surface area (Å²) in [6, 6.07) is 25.7. The van der Waals surface area contributed by atoms with Crippen molar-refractivity contribution in [3.8, 4) is 45.6 Å². The van der Waals surface area contributed by atoms with Gasteiger partial charge in [0, 0.05) is 44.8 Å². The summed E-state index contributed by atoms with van der Waals surface area (Å²) >= 11 is 0. The van der Waals surface area contributed by atoms with Crippen LogP contribution in [0, 0.1) is 6.92 Å². The minimum Gasteiger partial charge on any atom is -0.357 e. The minimum absolute atomic E-state index is 0. The molecule has 3 aromatic heterocycles. The first-order valence-electron chi connectivity index (χ1n) is 18.3. The number of fused-ring (bicyclic) bond motifs is 20. The zero-order chi connectivity index (χ0) is 37.2. The smallest absolute Gasteiger partial charge is 0.357 e. The Morgan fingerprint density at radius 2 is 0.722 bits per heavy atom. The van der Waals surface area contributed by atoms with Crippen LogP contribution in [0.1, 0.15) is 84.6 Å². The molecule has 0 spiro atoms. The maximum Gasteiger partial charge on any atom is 2.00 e. The van der Waals surface area contributed by atoms with Gasteiger partial charge in [0.05, 0.1) is 23.3 Å². The molecule has 8 bridgehead atoms. The first kappa shape index (κ1) is 35.8. The first-order valence-corrected chi connectivity index (χ1v) is 18.3. The van der Waals surface area contributed by atoms with E-state index in [2.05, 4.69) is 142 Å². The second kappa shape index (κ2) is 12.1. The maximum atomic E-state index is 5.22. The number of hydrogen-bond donors (Lipinski definition) is 0. The van der Waals surface area contributed by atoms with Crippen molar-refractivity contribution < 1.29 is 17.1 Å². The predicted molar refractivity (Wildman–Crippen MR) is 215 cm³/mol. The molecule has 7 aromatic rings. The van der Waals surface area contributed by atoms with E-state index in [1.54, 1.807) is 0 Å². The number of hydrogen-bond acceptors (Lipinski definition) is 6. The average Bonchev–Trinajstić information content (AvgIpc) is 3.81. The third kappa shape index (κ3) is 5.91. The summed E-state index contributed by atoms with van der Waals surface area (Å²) in [4.78, 5) is 41.2. The van der Waals surface area contributed by atoms with Gasteiger partial charge in [0.2, 0.25) is 0 Å². The van der Waals surface area contributed by atoms with Gasteiger partial charge in [-0.25, -0.2) is 9.97 Å². The second-order valence-corrected chi connectivity index (χ2v) is 17.6. The first-order chi connectivity index (χ1) is 25.0. The van der Waals surface area contributed by atoms with E-state index >= 15 is 0 Å². The molecular formula is C45H42CuN8. The minimum atomic E-state index is -0.0777. The molecule has 0 saturated heterocycles. The monoisotopic (exact) mass is 757 g/mol. The van der Waals surface area contributed by atoms with Crippen molar-refractivity contribution >= 4 is 44.1 Å². The van der Waals surface area contributed by atoms with Crippen LogP contribution in [0.15, 0.2) is 72.8 Å². The molecule has 273 valence electrons. The van der Waals surface area contributed by atoms with Crippen molar-refractivity contribution in [1.82, 2.24) is 39.9 Å². The van der Waals surface area contributed by atoms with E-state index in [0.29, 0.717) is 45.9 Å². The molecule has 0 amide bonds. The summed E-state index contributed by atoms with van der Waals surface area (Å²) < 4.78 is 0. The molecule has 0 aliphatic carbocycles. The molecule has 8 nitrogen and oxygen atoms in total. The van der Waals surface area contributed by atoms with Gasteiger partial charge in [0.1, 0.15) is 0 Å². The Morgan fingerprint density at radius 3 is 1.17 bits per heavy atom. The Kier molecular flexibility index (Phi) is 8.04. The largest absolute Gasteiger partial charge is 2.00 e. The van der Waals surface area contributed by atoms with Crippen LogP contribution in [0.4, 0.5) is 0 Å². The number of nitrogens with zero attached hydrogens (tertiary/aromatic N) is 8. The van der Waals surface area contributed by atoms with E-state index in [1.807, 2.05) is 0 Å². The van der Waals surface area contributed by atoms with Crippen LogP contribution in [-0.2, 0) is 33.3 Å². The molecule has 5 heterocycles. The third-order valence-corrected chi connectivity index (χ3v) is 10.5. The van der Waals surface area contributed by atoms with E-state index in [1.165, 1.54) is 16.7 Å². The average molecular weight is 758 g/mol. The van der Waals surface area contributed by atoms with Crippen molar-refractivity contribution in [3.63, 3.8) is 0 Å². The van der Waals surface area contributed by atoms with Crippen LogP contribution < -0.4 is 9.97 Å². The molecule has 0 N–H and O–H groups in total. The van der Waals surface area contributed by atoms with Gasteiger partial charge in [0.15, 0.2) is 0 Å². The van der Waals surface area contributed by atoms with Crippen LogP contribution in [0.3, 0.4) is 0 Å². The zero-order valence-electron chi connectivity index (χ0n) is 32.3. The molecule has 0 atom stereocenters. The number of aryl methyl sites for hydroxylation is 1. The Morgan fingerprint density at radius 1 is 0.370 bits per heavy atom. The molecule has 1 radical (unpaired) electrons. The molecule has 0 unspecified atom stereocenters. The van der Waals surface area contributed by atoms with Gasteiger partial charge in [0.25, 0.3) is 0 Å². The van der Waals surface area contributed by atoms with Gasteiger partial charge >= 0.3 is 17.1 Å². The van der Waals surface area contributed by atoms with E-state index in [-0.39, 0.29) is 33.3 Å². The van der Waals surface area contributed by atoms with E-state index in [4.69, 9.17) is 39.9 Å². The van der Waals surface area contributed by atoms with Crippen LogP contribution >= 0.6 is 0 Å². The Balaban J connectivity index is 0.00000413. The van der Waals surface area contributed by atoms with Gasteiger partial charge < -0.3 is 29.9 Å². The molecule has 2 aliphatic heterocycles. The third-order valence-electron chi connectivity index (χ3n) is 10.5. The second-order valence-electron chi connectivity index (χ2n) is 17.6. The van der Waals surface area contributed by atoms with Gasteiger partial charge in [-0.2, -0.15) is 0 Å². The summed E-state index contributed by atoms with van der Waals surface area (Å²) in [5.74, 6) is 2.24. The van der Waals surface area contributed by atoms with Crippen LogP contribution in [0.2, 0.25) is 0 Å². The van der Waals surface area contributed by atoms with Crippen molar-refractivity contribution in [2.24, 2.45) is 0 Å². The fraction of sp³-hybridized carbons (Fsp3) is 0.289. The summed E-state index contributed by atoms with van der Waals surface area (Å²) in [5, 5.41) is 3.64. The van der Waals surface area contributed by atoms with Crippen LogP contribution in [0.25, 0.3) is 89.7 Å². The molecule has 9 rings (SSSR count). The predicted octanol–water partition coefficient (Wildman–Crippen LogP) is 10.3. The number of rotatable bonds is 0. The molecule has 9 heteroatoms. The molecule has 4 aromatic carbocycles. The molecule has 0 fully saturated rings. The summed E-state index contributed by atoms with van der Waals surface area (Å²) in [6.07, 6.45) is 0. The number of aromatic nitrogens is 8. The molecular weight excluding hydrogens is 716 g/mol. The fourth-order valence-corrected chi connectivity index (χ4v) is 7.18. The van der Waals surface area contributed by atoms with Crippen LogP contribution in [0.5, 0.6) is 0 Å². The summed E-state index contributed by atoms with van der Waals surface area (Å²) in [5.41, 5.74) is 10.3. The van der Waals surface area contributed by atoms with E-state index in [9.17, 15) is 0 Å². The SMILES string of the molecule is Cc1ccc2c(c1)-c1nc-2nc2[n-]c(nc3nc(nc4[n-]c(n1)c1ccc(C(C)(C)C)cc41)-c1ccc(C(C)(C)C)cc1-3)c1ccc(C(C)(C)C)cc21.[Cu+2]. The van der Waals surface area contributed by atoms with E-state index < -0.39 is 0 Å². The van der Waals surface area contributed by atoms with Crippen molar-refractivity contribution in [1.29, 1.82) is 0 Å². The van der Waals surface area contributed by atoms with Crippen LogP contribution in [-0.4, -0.2) is 29.9 Å². The Hall–Kier alpha value is -5.24. The molecule has 0 saturated carbocycles. The molecule has 54 heavy (non-hydrogen) atoms. The molecule has 2 aliphatic rings. The van der Waals surface area contributed by atoms with Gasteiger partial charge in [-0.3, -0.25) is 0 Å². The van der Waals surface area contributed by atoms with Gasteiger partial charge in [-0.1, -0.05) is 116 Å². The number of benzene rings is 4. The van der Waals surface area contributed by atoms with Gasteiger partial charge in [-0.15, -0.1) is 0 Å². The standard InChI is InChI=1S/C45H42N8.Cu/c1-23-11-15-27-31(19-23)39-46-35(27)48-40-33-21-25(44(5,6)7)13-17-29(33)37(50-40)52-42-34-22-26(45(8,9)10)14-18-30(34)38(53-42)51-41-32-20-24(43(2,3)4)12-16-28(32)36(47-39)49-41;/h11-22H,1-10H3;/q-2;+2. The quantitative estimate of drug-likeness (QED) is 0.141. The normalized spacial score (nSPS) is 12.9.